The van der Waals surface area contributed by atoms with E-state index in [0.29, 0.717) is 0 Å². The van der Waals surface area contributed by atoms with Crippen molar-refractivity contribution in [2.75, 3.05) is 13.2 Å². The van der Waals surface area contributed by atoms with Crippen LogP contribution < -0.4 is 5.32 Å². The van der Waals surface area contributed by atoms with Crippen LogP contribution in [0, 0.1) is 0 Å². The molecule has 0 bridgehead atoms. The summed E-state index contributed by atoms with van der Waals surface area (Å²) in [6.45, 7) is 2.18. The van der Waals surface area contributed by atoms with Crippen LogP contribution in [0.25, 0.3) is 0 Å². The monoisotopic (exact) mass is 561 g/mol. The van der Waals surface area contributed by atoms with Crippen molar-refractivity contribution in [3.63, 3.8) is 0 Å². The van der Waals surface area contributed by atoms with Crippen molar-refractivity contribution in [3.8, 4) is 0 Å². The number of amides is 1. The molecule has 5 rings (SSSR count). The standard InChI is InChI=1S/C32H35NO8/c1-22(34)33-28-30(36-18-17-27(35)37-19-23-11-5-2-6-12-23)29-26(21-39-31(41-29)25-15-9-4-10-16-25)40-32(28)38-20-24-13-7-3-8-14-24/h2-16,26,28-32H,17-21H2,1H3,(H,33,34)/t26-,28+,29-,30-,31+,32-/m1/s1. The van der Waals surface area contributed by atoms with E-state index < -0.39 is 36.9 Å². The summed E-state index contributed by atoms with van der Waals surface area (Å²) in [4.78, 5) is 24.8. The van der Waals surface area contributed by atoms with Gasteiger partial charge >= 0.3 is 5.97 Å². The second kappa shape index (κ2) is 14.3. The molecule has 0 radical (unpaired) electrons. The first-order valence-corrected chi connectivity index (χ1v) is 13.8. The minimum atomic E-state index is -0.837. The van der Waals surface area contributed by atoms with E-state index in [9.17, 15) is 9.59 Å². The van der Waals surface area contributed by atoms with Gasteiger partial charge in [0.05, 0.1) is 26.2 Å². The van der Waals surface area contributed by atoms with Crippen molar-refractivity contribution >= 4 is 11.9 Å². The molecule has 0 saturated carbocycles. The maximum Gasteiger partial charge on any atom is 0.308 e. The molecule has 3 aromatic rings. The van der Waals surface area contributed by atoms with Gasteiger partial charge in [0, 0.05) is 12.5 Å². The van der Waals surface area contributed by atoms with Gasteiger partial charge < -0.3 is 33.7 Å². The third kappa shape index (κ3) is 8.00. The van der Waals surface area contributed by atoms with Crippen LogP contribution in [-0.4, -0.2) is 55.7 Å². The molecular formula is C32H35NO8. The van der Waals surface area contributed by atoms with Gasteiger partial charge in [-0.2, -0.15) is 0 Å². The summed E-state index contributed by atoms with van der Waals surface area (Å²) in [5, 5.41) is 2.94. The average molecular weight is 562 g/mol. The summed E-state index contributed by atoms with van der Waals surface area (Å²) in [6.07, 6.45) is -3.24. The fraction of sp³-hybridized carbons (Fsp3) is 0.375. The lowest BCUT2D eigenvalue weighted by atomic mass is 9.95. The van der Waals surface area contributed by atoms with Crippen LogP contribution >= 0.6 is 0 Å². The summed E-state index contributed by atoms with van der Waals surface area (Å²) in [6, 6.07) is 28.0. The second-order valence-corrected chi connectivity index (χ2v) is 9.97. The van der Waals surface area contributed by atoms with Crippen LogP contribution in [0.5, 0.6) is 0 Å². The van der Waals surface area contributed by atoms with Crippen molar-refractivity contribution in [3.05, 3.63) is 108 Å². The molecule has 2 aliphatic rings. The zero-order valence-electron chi connectivity index (χ0n) is 22.9. The number of esters is 1. The Hall–Kier alpha value is -3.60. The van der Waals surface area contributed by atoms with E-state index in [1.165, 1.54) is 6.92 Å². The van der Waals surface area contributed by atoms with E-state index in [1.807, 2.05) is 91.0 Å². The summed E-state index contributed by atoms with van der Waals surface area (Å²) < 4.78 is 36.6. The van der Waals surface area contributed by atoms with Gasteiger partial charge in [-0.3, -0.25) is 9.59 Å². The molecule has 0 aromatic heterocycles. The zero-order chi connectivity index (χ0) is 28.4. The van der Waals surface area contributed by atoms with Gasteiger partial charge in [0.1, 0.15) is 31.0 Å². The average Bonchev–Trinajstić information content (AvgIpc) is 3.01. The number of rotatable bonds is 11. The molecule has 2 fully saturated rings. The minimum absolute atomic E-state index is 0.0303. The Balaban J connectivity index is 1.29. The quantitative estimate of drug-likeness (QED) is 0.350. The summed E-state index contributed by atoms with van der Waals surface area (Å²) in [5.41, 5.74) is 2.71. The molecule has 3 aromatic carbocycles. The highest BCUT2D eigenvalue weighted by Gasteiger charge is 2.51. The Morgan fingerprint density at radius 1 is 0.829 bits per heavy atom. The largest absolute Gasteiger partial charge is 0.461 e. The fourth-order valence-electron chi connectivity index (χ4n) is 4.92. The third-order valence-electron chi connectivity index (χ3n) is 6.90. The number of carbonyl (C=O) groups is 2. The third-order valence-corrected chi connectivity index (χ3v) is 6.90. The molecule has 1 N–H and O–H groups in total. The number of ether oxygens (including phenoxy) is 6. The van der Waals surface area contributed by atoms with Gasteiger partial charge in [-0.25, -0.2) is 0 Å². The van der Waals surface area contributed by atoms with Crippen molar-refractivity contribution < 1.29 is 38.0 Å². The Labute approximate surface area is 239 Å². The molecule has 2 saturated heterocycles. The summed E-state index contributed by atoms with van der Waals surface area (Å²) in [5.74, 6) is -0.659. The van der Waals surface area contributed by atoms with Gasteiger partial charge in [0.25, 0.3) is 0 Å². The van der Waals surface area contributed by atoms with Crippen molar-refractivity contribution in [2.24, 2.45) is 0 Å². The topological polar surface area (TPSA) is 102 Å². The van der Waals surface area contributed by atoms with E-state index >= 15 is 0 Å². The van der Waals surface area contributed by atoms with E-state index in [0.717, 1.165) is 16.7 Å². The van der Waals surface area contributed by atoms with Crippen molar-refractivity contribution in [1.82, 2.24) is 5.32 Å². The number of carbonyl (C=O) groups excluding carboxylic acids is 2. The summed E-state index contributed by atoms with van der Waals surface area (Å²) >= 11 is 0. The number of benzene rings is 3. The lowest BCUT2D eigenvalue weighted by Crippen LogP contribution is -2.67. The first-order chi connectivity index (χ1) is 20.1. The highest BCUT2D eigenvalue weighted by atomic mass is 16.7. The van der Waals surface area contributed by atoms with Gasteiger partial charge in [-0.1, -0.05) is 91.0 Å². The van der Waals surface area contributed by atoms with Crippen LogP contribution in [0.1, 0.15) is 36.3 Å². The normalized spacial score (nSPS) is 25.6. The lowest BCUT2D eigenvalue weighted by molar-refractivity contribution is -0.349. The number of fused-ring (bicyclic) bond motifs is 1. The molecule has 9 nitrogen and oxygen atoms in total. The maximum atomic E-state index is 12.5. The van der Waals surface area contributed by atoms with Gasteiger partial charge in [0.15, 0.2) is 12.6 Å². The maximum absolute atomic E-state index is 12.5. The molecule has 216 valence electrons. The van der Waals surface area contributed by atoms with Gasteiger partial charge in [-0.15, -0.1) is 0 Å². The molecule has 9 heteroatoms. The van der Waals surface area contributed by atoms with Crippen LogP contribution in [0.4, 0.5) is 0 Å². The predicted octanol–water partition coefficient (Wildman–Crippen LogP) is 4.07. The molecule has 2 aliphatic heterocycles. The van der Waals surface area contributed by atoms with Gasteiger partial charge in [-0.05, 0) is 11.1 Å². The summed E-state index contributed by atoms with van der Waals surface area (Å²) in [7, 11) is 0. The van der Waals surface area contributed by atoms with E-state index in [4.69, 9.17) is 28.4 Å². The van der Waals surface area contributed by atoms with Crippen LogP contribution in [0.2, 0.25) is 0 Å². The lowest BCUT2D eigenvalue weighted by Gasteiger charge is -2.49. The molecule has 41 heavy (non-hydrogen) atoms. The number of hydrogen-bond donors (Lipinski definition) is 1. The molecule has 0 spiro atoms. The Morgan fingerprint density at radius 3 is 2.12 bits per heavy atom. The first-order valence-electron chi connectivity index (χ1n) is 13.8. The molecule has 1 amide bonds. The molecular weight excluding hydrogens is 526 g/mol. The molecule has 0 unspecified atom stereocenters. The first kappa shape index (κ1) is 28.9. The Bertz CT molecular complexity index is 1240. The van der Waals surface area contributed by atoms with Crippen LogP contribution in [-0.2, 0) is 51.2 Å². The predicted molar refractivity (Wildman–Crippen MR) is 148 cm³/mol. The van der Waals surface area contributed by atoms with Crippen LogP contribution in [0.3, 0.4) is 0 Å². The Kier molecular flexibility index (Phi) is 10.1. The van der Waals surface area contributed by atoms with Crippen molar-refractivity contribution in [2.45, 2.75) is 63.5 Å². The van der Waals surface area contributed by atoms with Crippen LogP contribution in [0.15, 0.2) is 91.0 Å². The van der Waals surface area contributed by atoms with Crippen molar-refractivity contribution in [1.29, 1.82) is 0 Å². The Morgan fingerprint density at radius 2 is 1.46 bits per heavy atom. The highest BCUT2D eigenvalue weighted by molar-refractivity contribution is 5.73. The van der Waals surface area contributed by atoms with E-state index in [2.05, 4.69) is 5.32 Å². The molecule has 2 heterocycles. The fourth-order valence-corrected chi connectivity index (χ4v) is 4.92. The zero-order valence-corrected chi connectivity index (χ0v) is 22.9. The van der Waals surface area contributed by atoms with Gasteiger partial charge in [0.2, 0.25) is 5.91 Å². The number of nitrogens with one attached hydrogen (secondary N) is 1. The second-order valence-electron chi connectivity index (χ2n) is 9.97. The molecule has 6 atom stereocenters. The molecule has 0 aliphatic carbocycles. The number of hydrogen-bond acceptors (Lipinski definition) is 8. The van der Waals surface area contributed by atoms with E-state index in [1.54, 1.807) is 0 Å². The highest BCUT2D eigenvalue weighted by Crippen LogP contribution is 2.36. The van der Waals surface area contributed by atoms with E-state index in [-0.39, 0.29) is 44.7 Å². The minimum Gasteiger partial charge on any atom is -0.461 e. The SMILES string of the molecule is CC(=O)N[C@@H]1[C@H](OCc2ccccc2)O[C@@H]2CO[C@H](c3ccccc3)O[C@H]2[C@@H]1OCCC(=O)OCc1ccccc1. The smallest absolute Gasteiger partial charge is 0.308 e.